The molecule has 18 heavy (non-hydrogen) atoms. The molecule has 0 fully saturated rings. The molecule has 1 aromatic carbocycles. The van der Waals surface area contributed by atoms with Gasteiger partial charge in [0.1, 0.15) is 12.2 Å². The summed E-state index contributed by atoms with van der Waals surface area (Å²) in [5.74, 6) is -0.814. The Balaban J connectivity index is 2.96. The van der Waals surface area contributed by atoms with Gasteiger partial charge in [0.2, 0.25) is 5.91 Å². The molecule has 0 heterocycles. The van der Waals surface area contributed by atoms with Gasteiger partial charge in [-0.3, -0.25) is 9.59 Å². The van der Waals surface area contributed by atoms with Crippen molar-refractivity contribution < 1.29 is 19.4 Å². The highest BCUT2D eigenvalue weighted by molar-refractivity contribution is 6.02. The van der Waals surface area contributed by atoms with E-state index < -0.39 is 18.3 Å². The van der Waals surface area contributed by atoms with Crippen molar-refractivity contribution in [1.29, 1.82) is 0 Å². The number of methoxy groups -OCH3 is 1. The van der Waals surface area contributed by atoms with E-state index in [0.717, 1.165) is 17.7 Å². The highest BCUT2D eigenvalue weighted by atomic mass is 16.5. The van der Waals surface area contributed by atoms with E-state index in [9.17, 15) is 9.59 Å². The summed E-state index contributed by atoms with van der Waals surface area (Å²) in [6, 6.07) is 5.34. The van der Waals surface area contributed by atoms with Crippen LogP contribution in [0.2, 0.25) is 0 Å². The second-order valence-electron chi connectivity index (χ2n) is 3.87. The molecule has 0 aromatic heterocycles. The molecule has 0 unspecified atom stereocenters. The first kappa shape index (κ1) is 14.0. The summed E-state index contributed by atoms with van der Waals surface area (Å²) in [4.78, 5) is 23.5. The summed E-state index contributed by atoms with van der Waals surface area (Å²) < 4.78 is 5.20. The summed E-state index contributed by atoms with van der Waals surface area (Å²) in [6.45, 7) is 1.99. The first-order valence-electron chi connectivity index (χ1n) is 5.64. The number of carbonyl (C=O) groups excluding carboxylic acids is 1. The molecule has 1 rings (SSSR count). The van der Waals surface area contributed by atoms with E-state index in [4.69, 9.17) is 9.84 Å². The van der Waals surface area contributed by atoms with Crippen molar-refractivity contribution >= 4 is 17.6 Å². The quantitative estimate of drug-likeness (QED) is 0.809. The minimum absolute atomic E-state index is 0.449. The van der Waals surface area contributed by atoms with Gasteiger partial charge in [0.25, 0.3) is 0 Å². The molecule has 1 N–H and O–H groups in total. The first-order chi connectivity index (χ1) is 8.49. The van der Waals surface area contributed by atoms with E-state index in [-0.39, 0.29) is 0 Å². The number of rotatable bonds is 5. The van der Waals surface area contributed by atoms with Crippen molar-refractivity contribution in [2.75, 3.05) is 19.1 Å². The number of benzene rings is 1. The summed E-state index contributed by atoms with van der Waals surface area (Å²) >= 11 is 0. The molecule has 98 valence electrons. The fourth-order valence-electron chi connectivity index (χ4n) is 1.64. The minimum atomic E-state index is -1.13. The Morgan fingerprint density at radius 2 is 2.06 bits per heavy atom. The maximum absolute atomic E-state index is 11.6. The third-order valence-corrected chi connectivity index (χ3v) is 2.71. The highest BCUT2D eigenvalue weighted by Gasteiger charge is 2.15. The van der Waals surface area contributed by atoms with Gasteiger partial charge in [0, 0.05) is 12.7 Å². The maximum Gasteiger partial charge on any atom is 0.312 e. The van der Waals surface area contributed by atoms with Crippen LogP contribution in [0.3, 0.4) is 0 Å². The number of aryl methyl sites for hydroxylation is 1. The van der Waals surface area contributed by atoms with Crippen LogP contribution in [0.5, 0.6) is 5.75 Å². The Morgan fingerprint density at radius 3 is 2.56 bits per heavy atom. The molecule has 0 atom stereocenters. The molecule has 0 aliphatic heterocycles. The van der Waals surface area contributed by atoms with Crippen molar-refractivity contribution in [1.82, 2.24) is 0 Å². The standard InChI is InChI=1S/C13H17NO4/c1-4-9-7-10(5-6-11(9)18-3)14(2)12(15)8-13(16)17/h5-7H,4,8H2,1-3H3,(H,16,17). The topological polar surface area (TPSA) is 66.8 Å². The zero-order valence-corrected chi connectivity index (χ0v) is 10.8. The van der Waals surface area contributed by atoms with E-state index in [2.05, 4.69) is 0 Å². The van der Waals surface area contributed by atoms with Gasteiger partial charge in [-0.1, -0.05) is 6.92 Å². The third-order valence-electron chi connectivity index (χ3n) is 2.71. The number of hydrogen-bond acceptors (Lipinski definition) is 3. The maximum atomic E-state index is 11.6. The second kappa shape index (κ2) is 6.05. The van der Waals surface area contributed by atoms with E-state index in [1.807, 2.05) is 13.0 Å². The molecule has 0 aliphatic carbocycles. The zero-order valence-electron chi connectivity index (χ0n) is 10.8. The number of carboxylic acids is 1. The number of ether oxygens (including phenoxy) is 1. The van der Waals surface area contributed by atoms with Gasteiger partial charge >= 0.3 is 5.97 Å². The third kappa shape index (κ3) is 3.23. The molecule has 0 spiro atoms. The summed E-state index contributed by atoms with van der Waals surface area (Å²) in [5, 5.41) is 8.60. The van der Waals surface area contributed by atoms with Crippen LogP contribution in [0.15, 0.2) is 18.2 Å². The van der Waals surface area contributed by atoms with Crippen LogP contribution in [0, 0.1) is 0 Å². The fourth-order valence-corrected chi connectivity index (χ4v) is 1.64. The lowest BCUT2D eigenvalue weighted by Gasteiger charge is -2.18. The Kier molecular flexibility index (Phi) is 4.71. The summed E-state index contributed by atoms with van der Waals surface area (Å²) in [7, 11) is 3.15. The predicted molar refractivity (Wildman–Crippen MR) is 68.0 cm³/mol. The average molecular weight is 251 g/mol. The number of hydrogen-bond donors (Lipinski definition) is 1. The highest BCUT2D eigenvalue weighted by Crippen LogP contribution is 2.25. The Morgan fingerprint density at radius 1 is 1.39 bits per heavy atom. The largest absolute Gasteiger partial charge is 0.496 e. The molecule has 0 radical (unpaired) electrons. The monoisotopic (exact) mass is 251 g/mol. The van der Waals surface area contributed by atoms with Gasteiger partial charge in [0.05, 0.1) is 7.11 Å². The lowest BCUT2D eigenvalue weighted by molar-refractivity contribution is -0.140. The zero-order chi connectivity index (χ0) is 13.7. The van der Waals surface area contributed by atoms with Gasteiger partial charge in [0.15, 0.2) is 0 Å². The second-order valence-corrected chi connectivity index (χ2v) is 3.87. The van der Waals surface area contributed by atoms with E-state index >= 15 is 0 Å². The summed E-state index contributed by atoms with van der Waals surface area (Å²) in [6.07, 6.45) is 0.266. The molecule has 1 amide bonds. The van der Waals surface area contributed by atoms with Crippen molar-refractivity contribution in [2.45, 2.75) is 19.8 Å². The van der Waals surface area contributed by atoms with Crippen LogP contribution in [0.4, 0.5) is 5.69 Å². The van der Waals surface area contributed by atoms with E-state index in [1.54, 1.807) is 26.3 Å². The molecule has 0 saturated carbocycles. The SMILES string of the molecule is CCc1cc(N(C)C(=O)CC(=O)O)ccc1OC. The van der Waals surface area contributed by atoms with E-state index in [1.165, 1.54) is 4.90 Å². The van der Waals surface area contributed by atoms with Gasteiger partial charge in [-0.2, -0.15) is 0 Å². The van der Waals surface area contributed by atoms with Crippen molar-refractivity contribution in [3.63, 3.8) is 0 Å². The average Bonchev–Trinajstić information content (AvgIpc) is 2.36. The van der Waals surface area contributed by atoms with Gasteiger partial charge in [-0.05, 0) is 30.2 Å². The van der Waals surface area contributed by atoms with Crippen LogP contribution in [0.25, 0.3) is 0 Å². The number of carboxylic acid groups (broad SMARTS) is 1. The van der Waals surface area contributed by atoms with Gasteiger partial charge in [-0.25, -0.2) is 0 Å². The Hall–Kier alpha value is -2.04. The number of amides is 1. The van der Waals surface area contributed by atoms with Crippen LogP contribution >= 0.6 is 0 Å². The molecular formula is C13H17NO4. The lowest BCUT2D eigenvalue weighted by atomic mass is 10.1. The number of carbonyl (C=O) groups is 2. The molecule has 0 saturated heterocycles. The first-order valence-corrected chi connectivity index (χ1v) is 5.64. The number of nitrogens with zero attached hydrogens (tertiary/aromatic N) is 1. The van der Waals surface area contributed by atoms with Crippen molar-refractivity contribution in [3.05, 3.63) is 23.8 Å². The molecule has 0 aliphatic rings. The Labute approximate surface area is 106 Å². The molecule has 1 aromatic rings. The summed E-state index contributed by atoms with van der Waals surface area (Å²) in [5.41, 5.74) is 1.64. The van der Waals surface area contributed by atoms with Gasteiger partial charge < -0.3 is 14.7 Å². The molecule has 5 heteroatoms. The van der Waals surface area contributed by atoms with E-state index in [0.29, 0.717) is 5.69 Å². The van der Waals surface area contributed by atoms with Crippen molar-refractivity contribution in [3.8, 4) is 5.75 Å². The Bertz CT molecular complexity index is 456. The number of anilines is 1. The molecule has 5 nitrogen and oxygen atoms in total. The predicted octanol–water partition coefficient (Wildman–Crippen LogP) is 1.70. The van der Waals surface area contributed by atoms with Crippen LogP contribution in [-0.4, -0.2) is 31.1 Å². The minimum Gasteiger partial charge on any atom is -0.496 e. The van der Waals surface area contributed by atoms with Crippen molar-refractivity contribution in [2.24, 2.45) is 0 Å². The van der Waals surface area contributed by atoms with Crippen LogP contribution in [-0.2, 0) is 16.0 Å². The smallest absolute Gasteiger partial charge is 0.312 e. The normalized spacial score (nSPS) is 9.94. The van der Waals surface area contributed by atoms with Gasteiger partial charge in [-0.15, -0.1) is 0 Å². The van der Waals surface area contributed by atoms with Crippen LogP contribution < -0.4 is 9.64 Å². The molecular weight excluding hydrogens is 234 g/mol. The fraction of sp³-hybridized carbons (Fsp3) is 0.385. The lowest BCUT2D eigenvalue weighted by Crippen LogP contribution is -2.28. The van der Waals surface area contributed by atoms with Crippen LogP contribution in [0.1, 0.15) is 18.9 Å². The molecule has 0 bridgehead atoms. The number of aliphatic carboxylic acids is 1.